The Balaban J connectivity index is 1.38. The minimum atomic E-state index is 0.450. The van der Waals surface area contributed by atoms with E-state index >= 15 is 0 Å². The highest BCUT2D eigenvalue weighted by Crippen LogP contribution is 2.48. The van der Waals surface area contributed by atoms with Crippen LogP contribution in [0, 0.1) is 0 Å². The molecule has 2 aliphatic rings. The molecule has 0 amide bonds. The average Bonchev–Trinajstić information content (AvgIpc) is 2.78. The Bertz CT molecular complexity index is 759. The number of rotatable bonds is 0. The van der Waals surface area contributed by atoms with Crippen molar-refractivity contribution in [2.24, 2.45) is 0 Å². The third-order valence-corrected chi connectivity index (χ3v) is 7.38. The molecule has 2 aromatic rings. The van der Waals surface area contributed by atoms with Gasteiger partial charge in [-0.2, -0.15) is 0 Å². The van der Waals surface area contributed by atoms with Gasteiger partial charge in [0, 0.05) is 34.7 Å². The SMILES string of the molecule is c1cc2nc(c1)[C@H]1CC[C@H]1c1cccc(n1)SCCOCCOCCOCCOCCS2. The molecule has 4 rings (SSSR count). The van der Waals surface area contributed by atoms with Crippen LogP contribution in [0.1, 0.15) is 36.1 Å². The molecular formula is C24H32N2O4S2. The molecule has 0 spiro atoms. The first-order chi connectivity index (χ1) is 15.9. The molecule has 1 aliphatic heterocycles. The van der Waals surface area contributed by atoms with Crippen molar-refractivity contribution in [1.82, 2.24) is 9.97 Å². The minimum Gasteiger partial charge on any atom is -0.378 e. The first-order valence-electron chi connectivity index (χ1n) is 11.4. The largest absolute Gasteiger partial charge is 0.378 e. The highest BCUT2D eigenvalue weighted by atomic mass is 32.2. The van der Waals surface area contributed by atoms with E-state index in [4.69, 9.17) is 28.9 Å². The Kier molecular flexibility index (Phi) is 10.1. The summed E-state index contributed by atoms with van der Waals surface area (Å²) in [6.07, 6.45) is 2.34. The highest BCUT2D eigenvalue weighted by Gasteiger charge is 2.35. The first-order valence-corrected chi connectivity index (χ1v) is 13.4. The number of thioether (sulfide) groups is 2. The number of pyridine rings is 2. The zero-order chi connectivity index (χ0) is 21.8. The number of aromatic nitrogens is 2. The lowest BCUT2D eigenvalue weighted by Gasteiger charge is -2.36. The zero-order valence-corrected chi connectivity index (χ0v) is 20.1. The Morgan fingerprint density at radius 3 is 1.38 bits per heavy atom. The summed E-state index contributed by atoms with van der Waals surface area (Å²) in [6, 6.07) is 12.8. The van der Waals surface area contributed by atoms with E-state index in [-0.39, 0.29) is 0 Å². The molecule has 6 nitrogen and oxygen atoms in total. The molecule has 0 saturated heterocycles. The summed E-state index contributed by atoms with van der Waals surface area (Å²) in [6.45, 7) is 4.92. The average molecular weight is 477 g/mol. The normalized spacial score (nSPS) is 24.5. The van der Waals surface area contributed by atoms with E-state index in [2.05, 4.69) is 36.4 Å². The van der Waals surface area contributed by atoms with E-state index < -0.39 is 0 Å². The summed E-state index contributed by atoms with van der Waals surface area (Å²) in [7, 11) is 0. The van der Waals surface area contributed by atoms with Crippen molar-refractivity contribution in [2.45, 2.75) is 34.7 Å². The molecular weight excluding hydrogens is 444 g/mol. The summed E-state index contributed by atoms with van der Waals surface area (Å²) in [5.41, 5.74) is 2.37. The van der Waals surface area contributed by atoms with Crippen molar-refractivity contribution in [3.8, 4) is 0 Å². The maximum atomic E-state index is 5.67. The zero-order valence-electron chi connectivity index (χ0n) is 18.4. The fraction of sp³-hybridized carbons (Fsp3) is 0.583. The van der Waals surface area contributed by atoms with E-state index in [1.807, 2.05) is 0 Å². The molecule has 1 aliphatic carbocycles. The molecule has 2 atom stereocenters. The summed E-state index contributed by atoms with van der Waals surface area (Å²) in [5, 5.41) is 2.13. The van der Waals surface area contributed by atoms with Crippen molar-refractivity contribution in [3.05, 3.63) is 47.8 Å². The minimum absolute atomic E-state index is 0.450. The van der Waals surface area contributed by atoms with E-state index in [0.717, 1.165) is 21.6 Å². The van der Waals surface area contributed by atoms with E-state index in [0.29, 0.717) is 64.7 Å². The van der Waals surface area contributed by atoms with Crippen LogP contribution in [0.2, 0.25) is 0 Å². The van der Waals surface area contributed by atoms with E-state index in [1.54, 1.807) is 23.5 Å². The van der Waals surface area contributed by atoms with Crippen LogP contribution < -0.4 is 0 Å². The molecule has 32 heavy (non-hydrogen) atoms. The molecule has 0 radical (unpaired) electrons. The van der Waals surface area contributed by atoms with Gasteiger partial charge in [-0.1, -0.05) is 12.1 Å². The quantitative estimate of drug-likeness (QED) is 0.554. The molecule has 1 saturated carbocycles. The van der Waals surface area contributed by atoms with Crippen LogP contribution >= 0.6 is 23.5 Å². The van der Waals surface area contributed by atoms with Crippen LogP contribution in [0.5, 0.6) is 0 Å². The standard InChI is InChI=1S/C24H32N2O4S2/c1-3-21-19-7-8-20(19)22-4-2-6-24(26-22)32-18-16-30-14-12-28-10-9-27-11-13-29-15-17-31-23(5-1)25-21/h1-6,19-20H,7-18H2/t19-,20+. The van der Waals surface area contributed by atoms with Gasteiger partial charge in [-0.3, -0.25) is 0 Å². The van der Waals surface area contributed by atoms with Gasteiger partial charge in [0.1, 0.15) is 0 Å². The second kappa shape index (κ2) is 13.5. The molecule has 0 N–H and O–H groups in total. The molecule has 8 heteroatoms. The van der Waals surface area contributed by atoms with Gasteiger partial charge in [0.25, 0.3) is 0 Å². The Morgan fingerprint density at radius 1 is 0.562 bits per heavy atom. The predicted molar refractivity (Wildman–Crippen MR) is 128 cm³/mol. The van der Waals surface area contributed by atoms with E-state index in [1.165, 1.54) is 24.2 Å². The molecule has 174 valence electrons. The first kappa shape index (κ1) is 24.0. The summed E-state index contributed by atoms with van der Waals surface area (Å²) in [5.74, 6) is 2.67. The Hall–Kier alpha value is -1.16. The van der Waals surface area contributed by atoms with Crippen molar-refractivity contribution >= 4 is 23.5 Å². The van der Waals surface area contributed by atoms with Gasteiger partial charge < -0.3 is 18.9 Å². The summed E-state index contributed by atoms with van der Waals surface area (Å²) in [4.78, 5) is 9.89. The Morgan fingerprint density at radius 2 is 0.969 bits per heavy atom. The van der Waals surface area contributed by atoms with Crippen molar-refractivity contribution < 1.29 is 18.9 Å². The van der Waals surface area contributed by atoms with Gasteiger partial charge in [0.2, 0.25) is 0 Å². The van der Waals surface area contributed by atoms with Gasteiger partial charge in [-0.15, -0.1) is 23.5 Å². The lowest BCUT2D eigenvalue weighted by molar-refractivity contribution is 0.00146. The molecule has 4 bridgehead atoms. The number of ether oxygens (including phenoxy) is 4. The second-order valence-corrected chi connectivity index (χ2v) is 9.97. The van der Waals surface area contributed by atoms with Gasteiger partial charge in [0.05, 0.1) is 62.9 Å². The smallest absolute Gasteiger partial charge is 0.0964 e. The molecule has 0 unspecified atom stereocenters. The van der Waals surface area contributed by atoms with Crippen molar-refractivity contribution in [1.29, 1.82) is 0 Å². The van der Waals surface area contributed by atoms with Crippen LogP contribution in [0.25, 0.3) is 0 Å². The summed E-state index contributed by atoms with van der Waals surface area (Å²) < 4.78 is 22.4. The van der Waals surface area contributed by atoms with Crippen molar-refractivity contribution in [2.75, 3.05) is 64.4 Å². The number of fused-ring (bicyclic) bond motifs is 7. The third kappa shape index (κ3) is 7.43. The molecule has 3 heterocycles. The van der Waals surface area contributed by atoms with Crippen LogP contribution in [0.3, 0.4) is 0 Å². The maximum absolute atomic E-state index is 5.67. The Labute approximate surface area is 199 Å². The summed E-state index contributed by atoms with van der Waals surface area (Å²) >= 11 is 3.50. The maximum Gasteiger partial charge on any atom is 0.0964 e. The monoisotopic (exact) mass is 476 g/mol. The van der Waals surface area contributed by atoms with Gasteiger partial charge in [-0.05, 0) is 37.1 Å². The fourth-order valence-corrected chi connectivity index (χ4v) is 5.33. The highest BCUT2D eigenvalue weighted by molar-refractivity contribution is 7.99. The number of nitrogens with zero attached hydrogens (tertiary/aromatic N) is 2. The van der Waals surface area contributed by atoms with Crippen LogP contribution in [-0.4, -0.2) is 74.3 Å². The van der Waals surface area contributed by atoms with Gasteiger partial charge in [-0.25, -0.2) is 9.97 Å². The number of hydrogen-bond donors (Lipinski definition) is 0. The second-order valence-electron chi connectivity index (χ2n) is 7.74. The fourth-order valence-electron chi connectivity index (χ4n) is 3.82. The molecule has 0 aromatic carbocycles. The number of hydrogen-bond acceptors (Lipinski definition) is 8. The topological polar surface area (TPSA) is 62.7 Å². The predicted octanol–water partition coefficient (Wildman–Crippen LogP) is 4.40. The van der Waals surface area contributed by atoms with E-state index in [9.17, 15) is 0 Å². The molecule has 2 aromatic heterocycles. The lowest BCUT2D eigenvalue weighted by atomic mass is 9.70. The van der Waals surface area contributed by atoms with Crippen LogP contribution in [-0.2, 0) is 18.9 Å². The van der Waals surface area contributed by atoms with Crippen LogP contribution in [0.15, 0.2) is 46.5 Å². The molecule has 1 fully saturated rings. The van der Waals surface area contributed by atoms with Crippen LogP contribution in [0.4, 0.5) is 0 Å². The van der Waals surface area contributed by atoms with Gasteiger partial charge in [0.15, 0.2) is 0 Å². The lowest BCUT2D eigenvalue weighted by Crippen LogP contribution is -2.24. The van der Waals surface area contributed by atoms with Crippen molar-refractivity contribution in [3.63, 3.8) is 0 Å². The van der Waals surface area contributed by atoms with Gasteiger partial charge >= 0.3 is 0 Å². The third-order valence-electron chi connectivity index (χ3n) is 5.60.